The summed E-state index contributed by atoms with van der Waals surface area (Å²) in [4.78, 5) is 15.9. The topological polar surface area (TPSA) is 41.6 Å². The summed E-state index contributed by atoms with van der Waals surface area (Å²) in [6.45, 7) is 3.40. The predicted octanol–water partition coefficient (Wildman–Crippen LogP) is 3.76. The third-order valence-electron chi connectivity index (χ3n) is 4.16. The summed E-state index contributed by atoms with van der Waals surface area (Å²) in [7, 11) is 0. The van der Waals surface area contributed by atoms with E-state index in [4.69, 9.17) is 4.74 Å². The van der Waals surface area contributed by atoms with Crippen molar-refractivity contribution in [3.8, 4) is 0 Å². The number of ether oxygens (including phenoxy) is 1. The Bertz CT molecular complexity index is 610. The van der Waals surface area contributed by atoms with Gasteiger partial charge in [0.1, 0.15) is 0 Å². The molecule has 3 rings (SSSR count). The molecule has 1 saturated heterocycles. The van der Waals surface area contributed by atoms with Crippen LogP contribution >= 0.6 is 11.3 Å². The van der Waals surface area contributed by atoms with E-state index in [0.29, 0.717) is 12.5 Å². The summed E-state index contributed by atoms with van der Waals surface area (Å²) in [5.41, 5.74) is 0.853. The maximum absolute atomic E-state index is 12.2. The van der Waals surface area contributed by atoms with Crippen molar-refractivity contribution in [1.82, 2.24) is 4.90 Å². The molecule has 1 aromatic carbocycles. The largest absolute Gasteiger partial charge is 0.377 e. The molecule has 0 unspecified atom stereocenters. The molecule has 0 radical (unpaired) electrons. The van der Waals surface area contributed by atoms with E-state index in [-0.39, 0.29) is 5.91 Å². The average molecular weight is 344 g/mol. The molecule has 1 aliphatic rings. The summed E-state index contributed by atoms with van der Waals surface area (Å²) < 4.78 is 5.77. The van der Waals surface area contributed by atoms with Crippen molar-refractivity contribution in [3.05, 3.63) is 52.7 Å². The summed E-state index contributed by atoms with van der Waals surface area (Å²) in [6, 6.07) is 13.8. The van der Waals surface area contributed by atoms with E-state index in [1.54, 1.807) is 11.3 Å². The first-order valence-electron chi connectivity index (χ1n) is 8.51. The van der Waals surface area contributed by atoms with Gasteiger partial charge in [-0.05, 0) is 36.4 Å². The van der Waals surface area contributed by atoms with Crippen molar-refractivity contribution >= 4 is 22.9 Å². The van der Waals surface area contributed by atoms with Crippen LogP contribution in [0.25, 0.3) is 0 Å². The lowest BCUT2D eigenvalue weighted by Gasteiger charge is -2.24. The molecule has 0 saturated carbocycles. The monoisotopic (exact) mass is 344 g/mol. The van der Waals surface area contributed by atoms with E-state index in [0.717, 1.165) is 44.8 Å². The molecule has 0 aliphatic carbocycles. The molecule has 2 heterocycles. The van der Waals surface area contributed by atoms with Gasteiger partial charge in [0.15, 0.2) is 0 Å². The second-order valence-electron chi connectivity index (χ2n) is 6.11. The lowest BCUT2D eigenvalue weighted by molar-refractivity contribution is -0.116. The fourth-order valence-corrected chi connectivity index (χ4v) is 3.68. The fraction of sp³-hybridized carbons (Fsp3) is 0.421. The molecule has 0 spiro atoms. The van der Waals surface area contributed by atoms with Crippen LogP contribution in [0.3, 0.4) is 0 Å². The van der Waals surface area contributed by atoms with Gasteiger partial charge in [0.25, 0.3) is 0 Å². The first kappa shape index (κ1) is 17.1. The Morgan fingerprint density at radius 2 is 2.12 bits per heavy atom. The summed E-state index contributed by atoms with van der Waals surface area (Å²) in [5.74, 6) is 0.0599. The van der Waals surface area contributed by atoms with Crippen molar-refractivity contribution in [1.29, 1.82) is 0 Å². The minimum absolute atomic E-state index is 0.0599. The van der Waals surface area contributed by atoms with Crippen LogP contribution in [0.15, 0.2) is 47.8 Å². The highest BCUT2D eigenvalue weighted by molar-refractivity contribution is 7.09. The van der Waals surface area contributed by atoms with E-state index >= 15 is 0 Å². The van der Waals surface area contributed by atoms with Crippen LogP contribution in [0.1, 0.15) is 24.1 Å². The van der Waals surface area contributed by atoms with E-state index in [1.807, 2.05) is 30.3 Å². The number of nitrogens with zero attached hydrogens (tertiary/aromatic N) is 1. The number of carbonyl (C=O) groups is 1. The van der Waals surface area contributed by atoms with Gasteiger partial charge < -0.3 is 10.1 Å². The van der Waals surface area contributed by atoms with Gasteiger partial charge in [0.05, 0.1) is 6.10 Å². The maximum Gasteiger partial charge on any atom is 0.225 e. The van der Waals surface area contributed by atoms with Gasteiger partial charge >= 0.3 is 0 Å². The van der Waals surface area contributed by atoms with E-state index in [9.17, 15) is 4.79 Å². The Balaban J connectivity index is 1.51. The molecule has 4 nitrogen and oxygen atoms in total. The lowest BCUT2D eigenvalue weighted by Crippen LogP contribution is -2.34. The Labute approximate surface area is 147 Å². The van der Waals surface area contributed by atoms with Crippen molar-refractivity contribution in [2.75, 3.05) is 25.0 Å². The number of carbonyl (C=O) groups excluding carboxylic acids is 1. The molecule has 1 aromatic heterocycles. The van der Waals surface area contributed by atoms with Crippen LogP contribution in [-0.2, 0) is 16.1 Å². The summed E-state index contributed by atoms with van der Waals surface area (Å²) >= 11 is 1.76. The molecule has 128 valence electrons. The minimum atomic E-state index is 0.0599. The molecule has 24 heavy (non-hydrogen) atoms. The highest BCUT2D eigenvalue weighted by Gasteiger charge is 2.20. The van der Waals surface area contributed by atoms with Crippen LogP contribution in [0.5, 0.6) is 0 Å². The van der Waals surface area contributed by atoms with Crippen molar-refractivity contribution in [3.63, 3.8) is 0 Å². The van der Waals surface area contributed by atoms with E-state index in [2.05, 4.69) is 27.7 Å². The number of para-hydroxylation sites is 1. The van der Waals surface area contributed by atoms with Crippen molar-refractivity contribution < 1.29 is 9.53 Å². The number of anilines is 1. The standard InChI is InChI=1S/C19H24N2O2S/c22-19(20-16-6-2-1-3-7-16)10-11-21(14-17-8-4-12-23-17)15-18-9-5-13-24-18/h1-3,5-7,9,13,17H,4,8,10-12,14-15H2,(H,20,22)/t17-/m0/s1. The second kappa shape index (κ2) is 8.97. The normalized spacial score (nSPS) is 17.3. The first-order chi connectivity index (χ1) is 11.8. The van der Waals surface area contributed by atoms with Gasteiger partial charge in [0, 0.05) is 43.2 Å². The van der Waals surface area contributed by atoms with Gasteiger partial charge in [0.2, 0.25) is 5.91 Å². The number of hydrogen-bond acceptors (Lipinski definition) is 4. The van der Waals surface area contributed by atoms with Crippen molar-refractivity contribution in [2.45, 2.75) is 31.9 Å². The molecule has 1 amide bonds. The fourth-order valence-electron chi connectivity index (χ4n) is 2.94. The zero-order chi connectivity index (χ0) is 16.6. The molecule has 1 N–H and O–H groups in total. The highest BCUT2D eigenvalue weighted by atomic mass is 32.1. The Kier molecular flexibility index (Phi) is 6.41. The van der Waals surface area contributed by atoms with Gasteiger partial charge in [-0.25, -0.2) is 0 Å². The molecule has 0 bridgehead atoms. The number of nitrogens with one attached hydrogen (secondary N) is 1. The molecule has 2 aromatic rings. The van der Waals surface area contributed by atoms with Gasteiger partial charge in [-0.2, -0.15) is 0 Å². The van der Waals surface area contributed by atoms with Crippen LogP contribution in [0.2, 0.25) is 0 Å². The third kappa shape index (κ3) is 5.44. The van der Waals surface area contributed by atoms with Crippen LogP contribution in [0.4, 0.5) is 5.69 Å². The van der Waals surface area contributed by atoms with Gasteiger partial charge in [-0.15, -0.1) is 11.3 Å². The predicted molar refractivity (Wildman–Crippen MR) is 98.3 cm³/mol. The first-order valence-corrected chi connectivity index (χ1v) is 9.39. The van der Waals surface area contributed by atoms with E-state index in [1.165, 1.54) is 4.88 Å². The number of hydrogen-bond donors (Lipinski definition) is 1. The zero-order valence-electron chi connectivity index (χ0n) is 13.8. The lowest BCUT2D eigenvalue weighted by atomic mass is 10.2. The molecular formula is C19H24N2O2S. The van der Waals surface area contributed by atoms with E-state index < -0.39 is 0 Å². The minimum Gasteiger partial charge on any atom is -0.377 e. The SMILES string of the molecule is O=C(CCN(Cc1cccs1)C[C@@H]1CCCO1)Nc1ccccc1. The number of benzene rings is 1. The van der Waals surface area contributed by atoms with Gasteiger partial charge in [-0.1, -0.05) is 24.3 Å². The highest BCUT2D eigenvalue weighted by Crippen LogP contribution is 2.17. The molecule has 1 aliphatic heterocycles. The summed E-state index contributed by atoms with van der Waals surface area (Å²) in [5, 5.41) is 5.05. The quantitative estimate of drug-likeness (QED) is 0.793. The van der Waals surface area contributed by atoms with Crippen molar-refractivity contribution in [2.24, 2.45) is 0 Å². The smallest absolute Gasteiger partial charge is 0.225 e. The molecule has 1 fully saturated rings. The average Bonchev–Trinajstić information content (AvgIpc) is 3.27. The summed E-state index contributed by atoms with van der Waals surface area (Å²) in [6.07, 6.45) is 3.07. The maximum atomic E-state index is 12.2. The zero-order valence-corrected chi connectivity index (χ0v) is 14.6. The Morgan fingerprint density at radius 1 is 1.25 bits per heavy atom. The number of thiophene rings is 1. The Morgan fingerprint density at radius 3 is 2.83 bits per heavy atom. The third-order valence-corrected chi connectivity index (χ3v) is 5.02. The number of rotatable bonds is 8. The molecular weight excluding hydrogens is 320 g/mol. The number of amides is 1. The second-order valence-corrected chi connectivity index (χ2v) is 7.15. The molecule has 1 atom stereocenters. The van der Waals surface area contributed by atoms with Crippen LogP contribution < -0.4 is 5.32 Å². The van der Waals surface area contributed by atoms with Crippen LogP contribution in [-0.4, -0.2) is 36.6 Å². The molecule has 5 heteroatoms. The van der Waals surface area contributed by atoms with Gasteiger partial charge in [-0.3, -0.25) is 9.69 Å². The van der Waals surface area contributed by atoms with Crippen LogP contribution in [0, 0.1) is 0 Å². The Hall–Kier alpha value is -1.69.